The number of nitrogens with zero attached hydrogens (tertiary/aromatic N) is 1. The Hall–Kier alpha value is -0.340. The average Bonchev–Trinajstić information content (AvgIpc) is 2.30. The number of hydrogen-bond donors (Lipinski definition) is 1. The van der Waals surface area contributed by atoms with Crippen molar-refractivity contribution in [2.24, 2.45) is 0 Å². The summed E-state index contributed by atoms with van der Waals surface area (Å²) in [6.45, 7) is 17.5. The summed E-state index contributed by atoms with van der Waals surface area (Å²) in [5.41, 5.74) is 1.37. The van der Waals surface area contributed by atoms with Gasteiger partial charge in [0.2, 0.25) is 0 Å². The first-order valence-electron chi connectivity index (χ1n) is 6.80. The van der Waals surface area contributed by atoms with Gasteiger partial charge in [0.05, 0.1) is 0 Å². The third kappa shape index (κ3) is 7.02. The highest BCUT2D eigenvalue weighted by Gasteiger charge is 2.09. The van der Waals surface area contributed by atoms with Crippen LogP contribution in [0.1, 0.15) is 47.0 Å². The van der Waals surface area contributed by atoms with Gasteiger partial charge in [-0.3, -0.25) is 0 Å². The standard InChI is InChI=1S/C14H30N2/c1-6-13(5)12-14(15-7-2)10-11-16(8-3)9-4/h14-15H,5-12H2,1-4H3. The normalized spacial score (nSPS) is 13.1. The van der Waals surface area contributed by atoms with Crippen LogP contribution in [-0.2, 0) is 0 Å². The van der Waals surface area contributed by atoms with E-state index < -0.39 is 0 Å². The molecule has 96 valence electrons. The highest BCUT2D eigenvalue weighted by atomic mass is 15.1. The van der Waals surface area contributed by atoms with Gasteiger partial charge >= 0.3 is 0 Å². The molecule has 0 rings (SSSR count). The van der Waals surface area contributed by atoms with Crippen LogP contribution in [0.3, 0.4) is 0 Å². The lowest BCUT2D eigenvalue weighted by atomic mass is 10.0. The molecule has 0 spiro atoms. The summed E-state index contributed by atoms with van der Waals surface area (Å²) in [6.07, 6.45) is 3.47. The summed E-state index contributed by atoms with van der Waals surface area (Å²) >= 11 is 0. The lowest BCUT2D eigenvalue weighted by molar-refractivity contribution is 0.281. The second-order valence-electron chi connectivity index (χ2n) is 4.38. The smallest absolute Gasteiger partial charge is 0.0116 e. The second kappa shape index (κ2) is 9.86. The van der Waals surface area contributed by atoms with Crippen LogP contribution in [-0.4, -0.2) is 37.1 Å². The fourth-order valence-electron chi connectivity index (χ4n) is 1.94. The van der Waals surface area contributed by atoms with Crippen molar-refractivity contribution in [3.63, 3.8) is 0 Å². The van der Waals surface area contributed by atoms with Crippen molar-refractivity contribution < 1.29 is 0 Å². The van der Waals surface area contributed by atoms with Gasteiger partial charge in [-0.15, -0.1) is 0 Å². The van der Waals surface area contributed by atoms with E-state index in [1.54, 1.807) is 0 Å². The molecule has 0 aromatic rings. The van der Waals surface area contributed by atoms with Crippen molar-refractivity contribution in [3.8, 4) is 0 Å². The summed E-state index contributed by atoms with van der Waals surface area (Å²) in [7, 11) is 0. The summed E-state index contributed by atoms with van der Waals surface area (Å²) < 4.78 is 0. The molecular formula is C14H30N2. The molecule has 1 N–H and O–H groups in total. The molecule has 0 saturated carbocycles. The van der Waals surface area contributed by atoms with Gasteiger partial charge in [-0.2, -0.15) is 0 Å². The Morgan fingerprint density at radius 1 is 1.19 bits per heavy atom. The van der Waals surface area contributed by atoms with Crippen LogP contribution < -0.4 is 5.32 Å². The van der Waals surface area contributed by atoms with E-state index in [4.69, 9.17) is 0 Å². The van der Waals surface area contributed by atoms with Crippen molar-refractivity contribution in [3.05, 3.63) is 12.2 Å². The molecule has 0 fully saturated rings. The maximum absolute atomic E-state index is 4.11. The van der Waals surface area contributed by atoms with Gasteiger partial charge < -0.3 is 10.2 Å². The Kier molecular flexibility index (Phi) is 9.65. The first-order chi connectivity index (χ1) is 7.67. The van der Waals surface area contributed by atoms with Crippen molar-refractivity contribution in [2.75, 3.05) is 26.2 Å². The molecular weight excluding hydrogens is 196 g/mol. The van der Waals surface area contributed by atoms with E-state index in [1.165, 1.54) is 18.5 Å². The molecule has 0 aromatic carbocycles. The van der Waals surface area contributed by atoms with E-state index in [0.717, 1.165) is 32.5 Å². The lowest BCUT2D eigenvalue weighted by Crippen LogP contribution is -2.34. The fourth-order valence-corrected chi connectivity index (χ4v) is 1.94. The van der Waals surface area contributed by atoms with Crippen molar-refractivity contribution in [1.82, 2.24) is 10.2 Å². The van der Waals surface area contributed by atoms with E-state index in [-0.39, 0.29) is 0 Å². The maximum Gasteiger partial charge on any atom is 0.0116 e. The van der Waals surface area contributed by atoms with Gasteiger partial charge in [0.15, 0.2) is 0 Å². The summed E-state index contributed by atoms with van der Waals surface area (Å²) in [5.74, 6) is 0. The highest BCUT2D eigenvalue weighted by molar-refractivity contribution is 4.96. The van der Waals surface area contributed by atoms with E-state index >= 15 is 0 Å². The third-order valence-corrected chi connectivity index (χ3v) is 3.22. The Morgan fingerprint density at radius 2 is 1.81 bits per heavy atom. The zero-order valence-electron chi connectivity index (χ0n) is 11.7. The molecule has 0 aliphatic carbocycles. The number of rotatable bonds is 10. The Balaban J connectivity index is 3.96. The minimum Gasteiger partial charge on any atom is -0.314 e. The molecule has 2 nitrogen and oxygen atoms in total. The third-order valence-electron chi connectivity index (χ3n) is 3.22. The number of nitrogens with one attached hydrogen (secondary N) is 1. The summed E-state index contributed by atoms with van der Waals surface area (Å²) in [4.78, 5) is 2.49. The van der Waals surface area contributed by atoms with Gasteiger partial charge in [-0.1, -0.05) is 39.8 Å². The maximum atomic E-state index is 4.11. The van der Waals surface area contributed by atoms with Crippen molar-refractivity contribution >= 4 is 0 Å². The van der Waals surface area contributed by atoms with Crippen LogP contribution >= 0.6 is 0 Å². The molecule has 1 unspecified atom stereocenters. The molecule has 0 saturated heterocycles. The van der Waals surface area contributed by atoms with Crippen LogP contribution in [0.25, 0.3) is 0 Å². The first kappa shape index (κ1) is 15.7. The lowest BCUT2D eigenvalue weighted by Gasteiger charge is -2.23. The van der Waals surface area contributed by atoms with Gasteiger partial charge in [0.25, 0.3) is 0 Å². The van der Waals surface area contributed by atoms with Crippen LogP contribution in [0.15, 0.2) is 12.2 Å². The minimum absolute atomic E-state index is 0.609. The SMILES string of the molecule is C=C(CC)CC(CCN(CC)CC)NCC. The van der Waals surface area contributed by atoms with E-state index in [0.29, 0.717) is 6.04 Å². The van der Waals surface area contributed by atoms with Crippen LogP contribution in [0.4, 0.5) is 0 Å². The van der Waals surface area contributed by atoms with Gasteiger partial charge in [0.1, 0.15) is 0 Å². The van der Waals surface area contributed by atoms with Gasteiger partial charge in [0, 0.05) is 6.04 Å². The molecule has 0 bridgehead atoms. The van der Waals surface area contributed by atoms with Crippen LogP contribution in [0.5, 0.6) is 0 Å². The fraction of sp³-hybridized carbons (Fsp3) is 0.857. The van der Waals surface area contributed by atoms with Crippen LogP contribution in [0.2, 0.25) is 0 Å². The predicted octanol–water partition coefficient (Wildman–Crippen LogP) is 3.05. The largest absolute Gasteiger partial charge is 0.314 e. The molecule has 0 heterocycles. The molecule has 0 amide bonds. The average molecular weight is 226 g/mol. The molecule has 0 aliphatic rings. The molecule has 16 heavy (non-hydrogen) atoms. The highest BCUT2D eigenvalue weighted by Crippen LogP contribution is 2.10. The quantitative estimate of drug-likeness (QED) is 0.576. The minimum atomic E-state index is 0.609. The Labute approximate surface area is 102 Å². The van der Waals surface area contributed by atoms with E-state index in [9.17, 15) is 0 Å². The molecule has 0 radical (unpaired) electrons. The van der Waals surface area contributed by atoms with Gasteiger partial charge in [-0.05, 0) is 45.4 Å². The molecule has 2 heteroatoms. The van der Waals surface area contributed by atoms with Crippen molar-refractivity contribution in [2.45, 2.75) is 53.0 Å². The van der Waals surface area contributed by atoms with Crippen molar-refractivity contribution in [1.29, 1.82) is 0 Å². The Morgan fingerprint density at radius 3 is 2.25 bits per heavy atom. The molecule has 0 aromatic heterocycles. The zero-order chi connectivity index (χ0) is 12.4. The van der Waals surface area contributed by atoms with E-state index in [1.807, 2.05) is 0 Å². The molecule has 0 aliphatic heterocycles. The summed E-state index contributed by atoms with van der Waals surface area (Å²) in [6, 6.07) is 0.609. The zero-order valence-corrected chi connectivity index (χ0v) is 11.7. The Bertz CT molecular complexity index is 174. The monoisotopic (exact) mass is 226 g/mol. The second-order valence-corrected chi connectivity index (χ2v) is 4.38. The van der Waals surface area contributed by atoms with E-state index in [2.05, 4.69) is 44.5 Å². The first-order valence-corrected chi connectivity index (χ1v) is 6.80. The van der Waals surface area contributed by atoms with Crippen LogP contribution in [0, 0.1) is 0 Å². The predicted molar refractivity (Wildman–Crippen MR) is 73.9 cm³/mol. The van der Waals surface area contributed by atoms with Gasteiger partial charge in [-0.25, -0.2) is 0 Å². The topological polar surface area (TPSA) is 15.3 Å². The number of hydrogen-bond acceptors (Lipinski definition) is 2. The molecule has 1 atom stereocenters. The summed E-state index contributed by atoms with van der Waals surface area (Å²) in [5, 5.41) is 3.56.